The second-order valence-corrected chi connectivity index (χ2v) is 8.98. The number of ether oxygens (including phenoxy) is 1. The van der Waals surface area contributed by atoms with E-state index in [1.54, 1.807) is 0 Å². The van der Waals surface area contributed by atoms with Crippen LogP contribution in [-0.2, 0) is 24.1 Å². The number of para-hydroxylation sites is 1. The highest BCUT2D eigenvalue weighted by molar-refractivity contribution is 5.80. The molecule has 34 heavy (non-hydrogen) atoms. The van der Waals surface area contributed by atoms with Crippen molar-refractivity contribution in [3.05, 3.63) is 101 Å². The zero-order chi connectivity index (χ0) is 23.9. The van der Waals surface area contributed by atoms with E-state index >= 15 is 0 Å². The van der Waals surface area contributed by atoms with E-state index < -0.39 is 24.2 Å². The predicted octanol–water partition coefficient (Wildman–Crippen LogP) is 4.01. The predicted molar refractivity (Wildman–Crippen MR) is 133 cm³/mol. The van der Waals surface area contributed by atoms with Crippen LogP contribution in [0.4, 0.5) is 0 Å². The van der Waals surface area contributed by atoms with Crippen LogP contribution < -0.4 is 10.1 Å². The zero-order valence-electron chi connectivity index (χ0n) is 19.6. The van der Waals surface area contributed by atoms with Crippen LogP contribution in [0.1, 0.15) is 41.6 Å². The molecule has 5 heteroatoms. The Bertz CT molecular complexity index is 1080. The third-order valence-electron chi connectivity index (χ3n) is 6.48. The minimum atomic E-state index is -0.707. The number of nitrogens with one attached hydrogen (secondary N) is 1. The third kappa shape index (κ3) is 5.85. The van der Waals surface area contributed by atoms with Gasteiger partial charge in [-0.1, -0.05) is 72.8 Å². The number of carbonyl (C=O) groups is 1. The Kier molecular flexibility index (Phi) is 7.99. The monoisotopic (exact) mass is 459 g/mol. The van der Waals surface area contributed by atoms with Gasteiger partial charge in [0.05, 0.1) is 24.9 Å². The van der Waals surface area contributed by atoms with Gasteiger partial charge in [0, 0.05) is 18.8 Å². The lowest BCUT2D eigenvalue weighted by Gasteiger charge is -2.25. The van der Waals surface area contributed by atoms with Gasteiger partial charge in [-0.3, -0.25) is 4.79 Å². The van der Waals surface area contributed by atoms with Crippen LogP contribution in [-0.4, -0.2) is 34.9 Å². The van der Waals surface area contributed by atoms with Gasteiger partial charge in [0.1, 0.15) is 5.75 Å². The maximum Gasteiger partial charge on any atom is 0.224 e. The molecule has 0 aromatic heterocycles. The smallest absolute Gasteiger partial charge is 0.224 e. The Labute approximate surface area is 201 Å². The van der Waals surface area contributed by atoms with Gasteiger partial charge in [-0.2, -0.15) is 0 Å². The molecule has 4 atom stereocenters. The fourth-order valence-corrected chi connectivity index (χ4v) is 4.84. The third-order valence-corrected chi connectivity index (χ3v) is 6.48. The summed E-state index contributed by atoms with van der Waals surface area (Å²) < 4.78 is 5.70. The molecular weight excluding hydrogens is 426 g/mol. The molecule has 1 amide bonds. The fraction of sp³-hybridized carbons (Fsp3) is 0.345. The number of carbonyl (C=O) groups excluding carboxylic acids is 1. The lowest BCUT2D eigenvalue weighted by molar-refractivity contribution is -0.127. The topological polar surface area (TPSA) is 78.8 Å². The van der Waals surface area contributed by atoms with Gasteiger partial charge in [0.25, 0.3) is 0 Å². The first-order chi connectivity index (χ1) is 16.5. The second kappa shape index (κ2) is 11.3. The van der Waals surface area contributed by atoms with E-state index in [4.69, 9.17) is 4.74 Å². The van der Waals surface area contributed by atoms with Gasteiger partial charge in [-0.15, -0.1) is 0 Å². The molecule has 0 spiro atoms. The van der Waals surface area contributed by atoms with E-state index in [9.17, 15) is 15.0 Å². The fourth-order valence-electron chi connectivity index (χ4n) is 4.84. The van der Waals surface area contributed by atoms with E-state index in [0.29, 0.717) is 32.3 Å². The van der Waals surface area contributed by atoms with E-state index in [2.05, 4.69) is 5.32 Å². The molecule has 3 aromatic rings. The van der Waals surface area contributed by atoms with Gasteiger partial charge in [0.2, 0.25) is 5.91 Å². The first kappa shape index (κ1) is 24.0. The summed E-state index contributed by atoms with van der Waals surface area (Å²) in [6, 6.07) is 24.9. The van der Waals surface area contributed by atoms with Gasteiger partial charge in [-0.25, -0.2) is 0 Å². The lowest BCUT2D eigenvalue weighted by atomic mass is 9.90. The molecule has 0 saturated carbocycles. The van der Waals surface area contributed by atoms with Crippen molar-refractivity contribution in [2.45, 2.75) is 50.9 Å². The Balaban J connectivity index is 1.49. The van der Waals surface area contributed by atoms with Crippen molar-refractivity contribution >= 4 is 5.91 Å². The summed E-state index contributed by atoms with van der Waals surface area (Å²) in [5.41, 5.74) is 3.99. The summed E-state index contributed by atoms with van der Waals surface area (Å²) in [6.07, 6.45) is 0.404. The molecule has 0 radical (unpaired) electrons. The number of hydrogen-bond acceptors (Lipinski definition) is 4. The number of benzene rings is 3. The van der Waals surface area contributed by atoms with Crippen LogP contribution >= 0.6 is 0 Å². The molecule has 1 aliphatic rings. The van der Waals surface area contributed by atoms with Crippen molar-refractivity contribution in [2.75, 3.05) is 6.61 Å². The number of hydrogen-bond donors (Lipinski definition) is 3. The highest BCUT2D eigenvalue weighted by Gasteiger charge is 2.34. The van der Waals surface area contributed by atoms with E-state index in [1.165, 1.54) is 0 Å². The molecule has 0 aliphatic heterocycles. The second-order valence-electron chi connectivity index (χ2n) is 8.98. The summed E-state index contributed by atoms with van der Waals surface area (Å²) >= 11 is 0. The quantitative estimate of drug-likeness (QED) is 0.428. The van der Waals surface area contributed by atoms with Crippen molar-refractivity contribution in [3.63, 3.8) is 0 Å². The van der Waals surface area contributed by atoms with Crippen molar-refractivity contribution in [2.24, 2.45) is 5.92 Å². The summed E-state index contributed by atoms with van der Waals surface area (Å²) in [7, 11) is 0. The molecule has 0 heterocycles. The molecule has 1 aliphatic carbocycles. The number of amides is 1. The van der Waals surface area contributed by atoms with Gasteiger partial charge < -0.3 is 20.3 Å². The largest absolute Gasteiger partial charge is 0.494 e. The summed E-state index contributed by atoms with van der Waals surface area (Å²) in [5, 5.41) is 24.7. The Hall–Kier alpha value is -3.15. The Morgan fingerprint density at radius 2 is 1.71 bits per heavy atom. The highest BCUT2D eigenvalue weighted by Crippen LogP contribution is 2.32. The van der Waals surface area contributed by atoms with Crippen molar-refractivity contribution in [1.82, 2.24) is 5.32 Å². The zero-order valence-corrected chi connectivity index (χ0v) is 19.6. The molecule has 178 valence electrons. The number of aliphatic hydroxyl groups excluding tert-OH is 2. The molecule has 5 nitrogen and oxygen atoms in total. The molecule has 0 saturated heterocycles. The molecule has 3 N–H and O–H groups in total. The standard InChI is InChI=1S/C29H33NO4/c1-2-34-27-15-9-7-13-22(27)17-24(31)18-23(16-20-10-4-3-5-11-20)29(33)30-28-25-14-8-6-12-21(25)19-26(28)32/h3-15,23-24,26,28,31-32H,2,16-19H2,1H3,(H,30,33)/t23-,24-,26-,28+/m1/s1. The number of rotatable bonds is 10. The first-order valence-corrected chi connectivity index (χ1v) is 12.0. The van der Waals surface area contributed by atoms with Crippen molar-refractivity contribution in [3.8, 4) is 5.75 Å². The van der Waals surface area contributed by atoms with Gasteiger partial charge in [-0.05, 0) is 48.1 Å². The number of aliphatic hydroxyl groups is 2. The normalized spacial score (nSPS) is 18.7. The minimum absolute atomic E-state index is 0.151. The van der Waals surface area contributed by atoms with E-state index in [-0.39, 0.29) is 5.91 Å². The summed E-state index contributed by atoms with van der Waals surface area (Å²) in [6.45, 7) is 2.49. The van der Waals surface area contributed by atoms with Crippen LogP contribution in [0.15, 0.2) is 78.9 Å². The van der Waals surface area contributed by atoms with Crippen molar-refractivity contribution in [1.29, 1.82) is 0 Å². The Morgan fingerprint density at radius 3 is 2.50 bits per heavy atom. The molecule has 4 rings (SSSR count). The molecule has 0 unspecified atom stereocenters. The highest BCUT2D eigenvalue weighted by atomic mass is 16.5. The van der Waals surface area contributed by atoms with Crippen molar-refractivity contribution < 1.29 is 19.7 Å². The Morgan fingerprint density at radius 1 is 1.00 bits per heavy atom. The molecule has 0 bridgehead atoms. The average molecular weight is 460 g/mol. The van der Waals surface area contributed by atoms with Crippen LogP contribution in [0.25, 0.3) is 0 Å². The van der Waals surface area contributed by atoms with Gasteiger partial charge in [0.15, 0.2) is 0 Å². The maximum atomic E-state index is 13.5. The van der Waals surface area contributed by atoms with Crippen LogP contribution in [0.2, 0.25) is 0 Å². The minimum Gasteiger partial charge on any atom is -0.494 e. The summed E-state index contributed by atoms with van der Waals surface area (Å²) in [4.78, 5) is 13.5. The van der Waals surface area contributed by atoms with Crippen LogP contribution in [0.5, 0.6) is 5.75 Å². The number of fused-ring (bicyclic) bond motifs is 1. The molecule has 3 aromatic carbocycles. The summed E-state index contributed by atoms with van der Waals surface area (Å²) in [5.74, 6) is 0.178. The van der Waals surface area contributed by atoms with Crippen LogP contribution in [0.3, 0.4) is 0 Å². The first-order valence-electron chi connectivity index (χ1n) is 12.0. The van der Waals surface area contributed by atoms with Crippen LogP contribution in [0, 0.1) is 5.92 Å². The SMILES string of the molecule is CCOc1ccccc1C[C@@H](O)C[C@@H](Cc1ccccc1)C(=O)N[C@H]1c2ccccc2C[C@H]1O. The van der Waals surface area contributed by atoms with E-state index in [0.717, 1.165) is 28.0 Å². The van der Waals surface area contributed by atoms with E-state index in [1.807, 2.05) is 85.8 Å². The lowest BCUT2D eigenvalue weighted by Crippen LogP contribution is -2.39. The molecular formula is C29H33NO4. The maximum absolute atomic E-state index is 13.5. The average Bonchev–Trinajstić information content (AvgIpc) is 3.15. The van der Waals surface area contributed by atoms with Gasteiger partial charge >= 0.3 is 0 Å². The molecule has 0 fully saturated rings.